The van der Waals surface area contributed by atoms with Gasteiger partial charge in [-0.25, -0.2) is 0 Å². The van der Waals surface area contributed by atoms with Crippen molar-refractivity contribution < 1.29 is 30.0 Å². The van der Waals surface area contributed by atoms with Gasteiger partial charge in [0.05, 0.1) is 5.69 Å². The number of carbonyl (C=O) groups excluding carboxylic acids is 1. The summed E-state index contributed by atoms with van der Waals surface area (Å²) in [6.07, 6.45) is 7.40. The second-order valence-electron chi connectivity index (χ2n) is 14.5. The van der Waals surface area contributed by atoms with E-state index in [4.69, 9.17) is 9.97 Å². The second kappa shape index (κ2) is 12.8. The number of ketones is 1. The molecule has 43 heavy (non-hydrogen) atoms. The topological polar surface area (TPSA) is 63.1 Å². The van der Waals surface area contributed by atoms with Crippen molar-refractivity contribution >= 4 is 16.6 Å². The monoisotopic (exact) mass is 754 g/mol. The van der Waals surface area contributed by atoms with E-state index in [9.17, 15) is 9.90 Å². The Balaban J connectivity index is 0.000000310. The maximum absolute atomic E-state index is 11.5. The van der Waals surface area contributed by atoms with Crippen molar-refractivity contribution in [3.63, 3.8) is 0 Å². The van der Waals surface area contributed by atoms with Crippen LogP contribution in [0.4, 0.5) is 0 Å². The first kappa shape index (κ1) is 34.4. The van der Waals surface area contributed by atoms with Crippen LogP contribution in [0, 0.1) is 23.8 Å². The Bertz CT molecular complexity index is 1660. The van der Waals surface area contributed by atoms with E-state index >= 15 is 0 Å². The summed E-state index contributed by atoms with van der Waals surface area (Å²) >= 11 is 0. The van der Waals surface area contributed by atoms with Crippen LogP contribution in [0.2, 0.25) is 0 Å². The fraction of sp³-hybridized carbons (Fsp3) is 0.395. The van der Waals surface area contributed by atoms with Crippen molar-refractivity contribution in [2.24, 2.45) is 10.8 Å². The first-order chi connectivity index (χ1) is 19.4. The third-order valence-corrected chi connectivity index (χ3v) is 7.64. The molecule has 229 valence electrons. The van der Waals surface area contributed by atoms with E-state index < -0.39 is 5.41 Å². The number of hydrogen-bond donors (Lipinski definition) is 1. The number of carbonyl (C=O) groups is 1. The Morgan fingerprint density at radius 1 is 0.860 bits per heavy atom. The molecule has 0 spiro atoms. The third-order valence-electron chi connectivity index (χ3n) is 7.64. The second-order valence-corrected chi connectivity index (χ2v) is 14.5. The molecule has 0 atom stereocenters. The van der Waals surface area contributed by atoms with Crippen molar-refractivity contribution in [1.29, 1.82) is 0 Å². The summed E-state index contributed by atoms with van der Waals surface area (Å²) in [5.74, 6) is 0.104. The molecule has 4 aromatic rings. The summed E-state index contributed by atoms with van der Waals surface area (Å²) < 4.78 is 0. The number of allylic oxidation sites excluding steroid dienone is 2. The third kappa shape index (κ3) is 8.07. The first-order valence-electron chi connectivity index (χ1n) is 14.8. The summed E-state index contributed by atoms with van der Waals surface area (Å²) in [7, 11) is 0. The standard InChI is InChI=1S/C27H25N2.C11H20O2.Ir/c1-17-11-19-9-10-20-16-28-25(14-23(20)26(19)29-15-17)21-12-18-7-5-6-8-22(18)24(13-21)27(2,3)4;1-10(2,3)8(12)7-9(13)11(4,5)6;/h5-8,11,13-16H,9-10H2,1-4H3;7,12H,1-6H3;/q-1;;/b;8-7-;. The number of pyridine rings is 2. The molecule has 0 saturated heterocycles. The number of rotatable bonds is 2. The average Bonchev–Trinajstić information content (AvgIpc) is 2.90. The molecule has 0 saturated carbocycles. The molecule has 0 fully saturated rings. The molecular formula is C38H45IrN2O2-. The Morgan fingerprint density at radius 3 is 2.14 bits per heavy atom. The van der Waals surface area contributed by atoms with Crippen LogP contribution >= 0.6 is 0 Å². The summed E-state index contributed by atoms with van der Waals surface area (Å²) in [6, 6.07) is 18.9. The number of fused-ring (bicyclic) bond motifs is 4. The average molecular weight is 754 g/mol. The fourth-order valence-corrected chi connectivity index (χ4v) is 4.93. The zero-order valence-electron chi connectivity index (χ0n) is 27.3. The quantitative estimate of drug-likeness (QED) is 0.126. The maximum atomic E-state index is 11.5. The van der Waals surface area contributed by atoms with Gasteiger partial charge in [0.15, 0.2) is 5.78 Å². The van der Waals surface area contributed by atoms with E-state index in [1.165, 1.54) is 39.3 Å². The molecule has 0 aliphatic heterocycles. The zero-order chi connectivity index (χ0) is 31.0. The molecule has 1 aliphatic rings. The largest absolute Gasteiger partial charge is 0.512 e. The Labute approximate surface area is 271 Å². The van der Waals surface area contributed by atoms with Crippen LogP contribution in [0.5, 0.6) is 0 Å². The number of aliphatic hydroxyl groups excluding tert-OH is 1. The number of aromatic nitrogens is 2. The van der Waals surface area contributed by atoms with E-state index in [0.29, 0.717) is 0 Å². The zero-order valence-corrected chi connectivity index (χ0v) is 29.7. The summed E-state index contributed by atoms with van der Waals surface area (Å²) in [6.45, 7) is 20.0. The van der Waals surface area contributed by atoms with Gasteiger partial charge in [-0.2, -0.15) is 0 Å². The van der Waals surface area contributed by atoms with Crippen molar-refractivity contribution in [2.75, 3.05) is 0 Å². The van der Waals surface area contributed by atoms with Crippen molar-refractivity contribution in [1.82, 2.24) is 9.97 Å². The molecule has 5 rings (SSSR count). The van der Waals surface area contributed by atoms with Crippen LogP contribution in [0.25, 0.3) is 33.3 Å². The van der Waals surface area contributed by atoms with E-state index in [1.54, 1.807) is 0 Å². The van der Waals surface area contributed by atoms with Gasteiger partial charge in [-0.15, -0.1) is 29.1 Å². The normalized spacial score (nSPS) is 13.3. The van der Waals surface area contributed by atoms with Crippen molar-refractivity contribution in [2.45, 2.75) is 87.5 Å². The maximum Gasteiger partial charge on any atom is 0.164 e. The van der Waals surface area contributed by atoms with Crippen LogP contribution < -0.4 is 0 Å². The summed E-state index contributed by atoms with van der Waals surface area (Å²) in [4.78, 5) is 21.1. The molecule has 2 aromatic heterocycles. The molecule has 2 heterocycles. The molecular weight excluding hydrogens is 709 g/mol. The van der Waals surface area contributed by atoms with Crippen molar-refractivity contribution in [3.05, 3.63) is 95.0 Å². The van der Waals surface area contributed by atoms with E-state index in [0.717, 1.165) is 35.2 Å². The Hall–Kier alpha value is -3.14. The van der Waals surface area contributed by atoms with Crippen LogP contribution in [-0.4, -0.2) is 20.9 Å². The van der Waals surface area contributed by atoms with Gasteiger partial charge < -0.3 is 5.11 Å². The van der Waals surface area contributed by atoms with Gasteiger partial charge >= 0.3 is 0 Å². The number of benzene rings is 2. The van der Waals surface area contributed by atoms with Gasteiger partial charge in [-0.3, -0.25) is 14.8 Å². The predicted molar refractivity (Wildman–Crippen MR) is 175 cm³/mol. The Morgan fingerprint density at radius 2 is 1.51 bits per heavy atom. The van der Waals surface area contributed by atoms with Crippen LogP contribution in [-0.2, 0) is 43.2 Å². The first-order valence-corrected chi connectivity index (χ1v) is 14.8. The van der Waals surface area contributed by atoms with Gasteiger partial charge in [0, 0.05) is 55.1 Å². The molecule has 0 unspecified atom stereocenters. The van der Waals surface area contributed by atoms with Gasteiger partial charge in [-0.1, -0.05) is 104 Å². The minimum absolute atomic E-state index is 0. The molecule has 1 aliphatic carbocycles. The van der Waals surface area contributed by atoms with E-state index in [2.05, 4.69) is 76.2 Å². The van der Waals surface area contributed by atoms with Crippen LogP contribution in [0.3, 0.4) is 0 Å². The smallest absolute Gasteiger partial charge is 0.164 e. The van der Waals surface area contributed by atoms with Gasteiger partial charge in [-0.05, 0) is 47.4 Å². The number of aliphatic hydroxyl groups is 1. The van der Waals surface area contributed by atoms with Crippen LogP contribution in [0.15, 0.2) is 66.7 Å². The molecule has 1 N–H and O–H groups in total. The van der Waals surface area contributed by atoms with Gasteiger partial charge in [0.25, 0.3) is 0 Å². The van der Waals surface area contributed by atoms with Gasteiger partial charge in [0.2, 0.25) is 0 Å². The fourth-order valence-electron chi connectivity index (χ4n) is 4.93. The Kier molecular flexibility index (Phi) is 10.3. The van der Waals surface area contributed by atoms with E-state index in [-0.39, 0.29) is 42.5 Å². The number of nitrogens with zero attached hydrogens (tertiary/aromatic N) is 2. The molecule has 2 aromatic carbocycles. The van der Waals surface area contributed by atoms with Crippen molar-refractivity contribution in [3.8, 4) is 22.5 Å². The molecule has 4 nitrogen and oxygen atoms in total. The molecule has 0 amide bonds. The molecule has 0 bridgehead atoms. The van der Waals surface area contributed by atoms with E-state index in [1.807, 2.05) is 53.9 Å². The summed E-state index contributed by atoms with van der Waals surface area (Å²) in [5.41, 5.74) is 8.80. The number of aryl methyl sites for hydroxylation is 3. The number of hydrogen-bond acceptors (Lipinski definition) is 4. The SMILES string of the molecule is CC(C)(C)C(=O)/C=C(\O)C(C)(C)C.Cc1cnc2c(c1)CCc1cnc(-c3[c-]c4ccccc4c(C(C)(C)C)c3)cc1-2.[Ir]. The predicted octanol–water partition coefficient (Wildman–Crippen LogP) is 9.56. The van der Waals surface area contributed by atoms with Gasteiger partial charge in [0.1, 0.15) is 5.76 Å². The minimum Gasteiger partial charge on any atom is -0.512 e. The molecule has 1 radical (unpaired) electrons. The summed E-state index contributed by atoms with van der Waals surface area (Å²) in [5, 5.41) is 12.0. The molecule has 5 heteroatoms. The minimum atomic E-state index is -0.417. The van der Waals surface area contributed by atoms with Crippen LogP contribution in [0.1, 0.15) is 84.6 Å².